The van der Waals surface area contributed by atoms with Crippen LogP contribution in [0.25, 0.3) is 0 Å². The van der Waals surface area contributed by atoms with Crippen LogP contribution in [0.15, 0.2) is 12.1 Å². The van der Waals surface area contributed by atoms with Gasteiger partial charge in [-0.05, 0) is 18.4 Å². The van der Waals surface area contributed by atoms with Crippen molar-refractivity contribution in [3.05, 3.63) is 23.5 Å². The molecule has 1 saturated carbocycles. The first-order valence-electron chi connectivity index (χ1n) is 6.03. The van der Waals surface area contributed by atoms with Gasteiger partial charge in [-0.15, -0.1) is 0 Å². The number of halogens is 1. The van der Waals surface area contributed by atoms with E-state index in [1.165, 1.54) is 19.3 Å². The number of ether oxygens (including phenoxy) is 1. The average Bonchev–Trinajstić information content (AvgIpc) is 2.25. The van der Waals surface area contributed by atoms with Gasteiger partial charge >= 0.3 is 5.97 Å². The lowest BCUT2D eigenvalue weighted by Gasteiger charge is -2.25. The highest BCUT2D eigenvalue weighted by Gasteiger charge is 2.18. The summed E-state index contributed by atoms with van der Waals surface area (Å²) in [7, 11) is 0. The molecule has 0 atom stereocenters. The molecule has 0 heterocycles. The van der Waals surface area contributed by atoms with Crippen LogP contribution in [-0.4, -0.2) is 17.7 Å². The number of hydrogen-bond acceptors (Lipinski definition) is 3. The Kier molecular flexibility index (Phi) is 3.69. The Morgan fingerprint density at radius 2 is 2.22 bits per heavy atom. The molecule has 0 saturated heterocycles. The zero-order chi connectivity index (χ0) is 13.1. The van der Waals surface area contributed by atoms with Crippen LogP contribution in [0.3, 0.4) is 0 Å². The minimum absolute atomic E-state index is 0.155. The Bertz CT molecular complexity index is 458. The summed E-state index contributed by atoms with van der Waals surface area (Å²) in [4.78, 5) is 10.7. The normalized spacial score (nSPS) is 15.2. The molecular weight excluding hydrogens is 237 g/mol. The largest absolute Gasteiger partial charge is 0.491 e. The molecule has 98 valence electrons. The minimum Gasteiger partial charge on any atom is -0.491 e. The Balaban J connectivity index is 1.99. The van der Waals surface area contributed by atoms with E-state index < -0.39 is 17.3 Å². The predicted molar refractivity (Wildman–Crippen MR) is 65.2 cm³/mol. The van der Waals surface area contributed by atoms with Crippen LogP contribution in [0.1, 0.15) is 36.0 Å². The highest BCUT2D eigenvalue weighted by atomic mass is 19.1. The van der Waals surface area contributed by atoms with Crippen LogP contribution in [0.4, 0.5) is 10.1 Å². The molecule has 4 nitrogen and oxygen atoms in total. The van der Waals surface area contributed by atoms with Crippen molar-refractivity contribution >= 4 is 11.7 Å². The van der Waals surface area contributed by atoms with E-state index in [9.17, 15) is 9.18 Å². The van der Waals surface area contributed by atoms with Crippen molar-refractivity contribution in [3.8, 4) is 5.75 Å². The van der Waals surface area contributed by atoms with Gasteiger partial charge in [-0.25, -0.2) is 9.18 Å². The van der Waals surface area contributed by atoms with Gasteiger partial charge in [0, 0.05) is 6.07 Å². The van der Waals surface area contributed by atoms with Gasteiger partial charge in [0.05, 0.1) is 17.9 Å². The molecule has 0 amide bonds. The van der Waals surface area contributed by atoms with Crippen molar-refractivity contribution in [2.75, 3.05) is 12.3 Å². The molecule has 0 aromatic heterocycles. The summed E-state index contributed by atoms with van der Waals surface area (Å²) in [6.45, 7) is 0.487. The molecule has 18 heavy (non-hydrogen) atoms. The summed E-state index contributed by atoms with van der Waals surface area (Å²) >= 11 is 0. The molecule has 1 aromatic carbocycles. The topological polar surface area (TPSA) is 72.6 Å². The lowest BCUT2D eigenvalue weighted by Crippen LogP contribution is -2.15. The fraction of sp³-hybridized carbons (Fsp3) is 0.462. The van der Waals surface area contributed by atoms with Gasteiger partial charge in [-0.1, -0.05) is 19.3 Å². The number of rotatable bonds is 5. The van der Waals surface area contributed by atoms with Crippen LogP contribution >= 0.6 is 0 Å². The van der Waals surface area contributed by atoms with Crippen molar-refractivity contribution in [1.82, 2.24) is 0 Å². The lowest BCUT2D eigenvalue weighted by molar-refractivity contribution is 0.0692. The number of anilines is 1. The first kappa shape index (κ1) is 12.7. The van der Waals surface area contributed by atoms with Gasteiger partial charge in [-0.3, -0.25) is 0 Å². The summed E-state index contributed by atoms with van der Waals surface area (Å²) < 4.78 is 18.8. The summed E-state index contributed by atoms with van der Waals surface area (Å²) in [6, 6.07) is 2.13. The molecule has 1 fully saturated rings. The molecule has 1 aliphatic carbocycles. The van der Waals surface area contributed by atoms with E-state index in [4.69, 9.17) is 15.6 Å². The van der Waals surface area contributed by atoms with Crippen LogP contribution < -0.4 is 10.5 Å². The SMILES string of the molecule is Nc1cc(C(=O)O)c(F)cc1OCCC1CCC1. The predicted octanol–water partition coefficient (Wildman–Crippen LogP) is 2.68. The van der Waals surface area contributed by atoms with E-state index in [-0.39, 0.29) is 11.4 Å². The van der Waals surface area contributed by atoms with E-state index in [1.54, 1.807) is 0 Å². The van der Waals surface area contributed by atoms with Crippen LogP contribution in [0.5, 0.6) is 5.75 Å². The number of carbonyl (C=O) groups is 1. The molecule has 2 rings (SSSR count). The van der Waals surface area contributed by atoms with Crippen molar-refractivity contribution < 1.29 is 19.0 Å². The maximum absolute atomic E-state index is 13.4. The van der Waals surface area contributed by atoms with Gasteiger partial charge in [0.2, 0.25) is 0 Å². The zero-order valence-electron chi connectivity index (χ0n) is 9.99. The second-order valence-electron chi connectivity index (χ2n) is 4.61. The standard InChI is InChI=1S/C13H16FNO3/c14-10-7-12(11(15)6-9(10)13(16)17)18-5-4-8-2-1-3-8/h6-8H,1-5,15H2,(H,16,17). The Morgan fingerprint density at radius 1 is 1.50 bits per heavy atom. The third kappa shape index (κ3) is 2.72. The molecule has 0 aliphatic heterocycles. The van der Waals surface area contributed by atoms with Crippen molar-refractivity contribution in [2.45, 2.75) is 25.7 Å². The second-order valence-corrected chi connectivity index (χ2v) is 4.61. The highest BCUT2D eigenvalue weighted by Crippen LogP contribution is 2.30. The van der Waals surface area contributed by atoms with E-state index >= 15 is 0 Å². The van der Waals surface area contributed by atoms with E-state index in [0.717, 1.165) is 18.6 Å². The lowest BCUT2D eigenvalue weighted by atomic mass is 9.83. The Morgan fingerprint density at radius 3 is 2.78 bits per heavy atom. The smallest absolute Gasteiger partial charge is 0.338 e. The summed E-state index contributed by atoms with van der Waals surface area (Å²) in [5.41, 5.74) is 5.36. The maximum atomic E-state index is 13.4. The van der Waals surface area contributed by atoms with Gasteiger partial charge in [0.15, 0.2) is 0 Å². The van der Waals surface area contributed by atoms with Gasteiger partial charge in [-0.2, -0.15) is 0 Å². The number of hydrogen-bond donors (Lipinski definition) is 2. The molecular formula is C13H16FNO3. The highest BCUT2D eigenvalue weighted by molar-refractivity contribution is 5.89. The van der Waals surface area contributed by atoms with E-state index in [1.807, 2.05) is 0 Å². The molecule has 0 bridgehead atoms. The molecule has 1 aromatic rings. The molecule has 5 heteroatoms. The molecule has 3 N–H and O–H groups in total. The van der Waals surface area contributed by atoms with Crippen molar-refractivity contribution in [2.24, 2.45) is 5.92 Å². The first-order chi connectivity index (χ1) is 8.58. The fourth-order valence-electron chi connectivity index (χ4n) is 1.98. The third-order valence-corrected chi connectivity index (χ3v) is 3.34. The summed E-state index contributed by atoms with van der Waals surface area (Å²) in [6.07, 6.45) is 4.66. The zero-order valence-corrected chi connectivity index (χ0v) is 9.99. The molecule has 0 unspecified atom stereocenters. The van der Waals surface area contributed by atoms with Gasteiger partial charge < -0.3 is 15.6 Å². The van der Waals surface area contributed by atoms with Crippen LogP contribution in [-0.2, 0) is 0 Å². The van der Waals surface area contributed by atoms with Gasteiger partial charge in [0.25, 0.3) is 0 Å². The Labute approximate surface area is 105 Å². The fourth-order valence-corrected chi connectivity index (χ4v) is 1.98. The number of benzene rings is 1. The minimum atomic E-state index is -1.33. The van der Waals surface area contributed by atoms with E-state index in [0.29, 0.717) is 12.5 Å². The first-order valence-corrected chi connectivity index (χ1v) is 6.03. The second kappa shape index (κ2) is 5.25. The van der Waals surface area contributed by atoms with Crippen molar-refractivity contribution in [3.63, 3.8) is 0 Å². The third-order valence-electron chi connectivity index (χ3n) is 3.34. The number of nitrogen functional groups attached to an aromatic ring is 1. The Hall–Kier alpha value is -1.78. The number of carboxylic acids is 1. The molecule has 0 spiro atoms. The molecule has 0 radical (unpaired) electrons. The number of nitrogens with two attached hydrogens (primary N) is 1. The summed E-state index contributed by atoms with van der Waals surface area (Å²) in [5, 5.41) is 8.73. The number of aromatic carboxylic acids is 1. The van der Waals surface area contributed by atoms with Crippen molar-refractivity contribution in [1.29, 1.82) is 0 Å². The molecule has 1 aliphatic rings. The quantitative estimate of drug-likeness (QED) is 0.791. The average molecular weight is 253 g/mol. The van der Waals surface area contributed by atoms with Crippen LogP contribution in [0.2, 0.25) is 0 Å². The maximum Gasteiger partial charge on any atom is 0.338 e. The van der Waals surface area contributed by atoms with Crippen LogP contribution in [0, 0.1) is 11.7 Å². The number of carboxylic acid groups (broad SMARTS) is 1. The monoisotopic (exact) mass is 253 g/mol. The van der Waals surface area contributed by atoms with E-state index in [2.05, 4.69) is 0 Å². The summed E-state index contributed by atoms with van der Waals surface area (Å²) in [5.74, 6) is -1.23. The van der Waals surface area contributed by atoms with Gasteiger partial charge in [0.1, 0.15) is 11.6 Å².